The van der Waals surface area contributed by atoms with Gasteiger partial charge in [0.25, 0.3) is 0 Å². The smallest absolute Gasteiger partial charge is 0.136 e. The van der Waals surface area contributed by atoms with Gasteiger partial charge in [-0.05, 0) is 38.5 Å². The predicted octanol–water partition coefficient (Wildman–Crippen LogP) is 2.36. The van der Waals surface area contributed by atoms with Gasteiger partial charge in [0.2, 0.25) is 0 Å². The molecule has 0 bridgehead atoms. The van der Waals surface area contributed by atoms with Gasteiger partial charge in [-0.25, -0.2) is 0 Å². The summed E-state index contributed by atoms with van der Waals surface area (Å²) in [6.07, 6.45) is 4.54. The molecule has 1 rings (SSSR count). The van der Waals surface area contributed by atoms with Crippen molar-refractivity contribution in [2.24, 2.45) is 5.92 Å². The first-order valence-electron chi connectivity index (χ1n) is 4.06. The molecule has 0 N–H and O–H groups in total. The van der Waals surface area contributed by atoms with E-state index in [0.29, 0.717) is 5.78 Å². The molecular weight excluding hydrogens is 124 g/mol. The third-order valence-electron chi connectivity index (χ3n) is 2.38. The molecule has 0 saturated heterocycles. The fourth-order valence-electron chi connectivity index (χ4n) is 1.46. The Morgan fingerprint density at radius 3 is 2.30 bits per heavy atom. The van der Waals surface area contributed by atoms with E-state index in [1.165, 1.54) is 12.8 Å². The second kappa shape index (κ2) is 3.18. The fraction of sp³-hybridized carbons (Fsp3) is 0.778. The highest BCUT2D eigenvalue weighted by molar-refractivity contribution is 5.89. The third-order valence-corrected chi connectivity index (χ3v) is 2.38. The zero-order chi connectivity index (χ0) is 7.56. The SMILES string of the molecule is CC(=O)[C]1CCC(C)CC1. The number of Topliss-reactive ketones (excluding diaryl/α,β-unsaturated/α-hetero) is 1. The molecule has 57 valence electrons. The van der Waals surface area contributed by atoms with E-state index in [0.717, 1.165) is 24.7 Å². The van der Waals surface area contributed by atoms with Crippen LogP contribution in [0.5, 0.6) is 0 Å². The normalized spacial score (nSPS) is 23.0. The third kappa shape index (κ3) is 1.83. The molecule has 0 heterocycles. The Morgan fingerprint density at radius 2 is 1.90 bits per heavy atom. The number of carbonyl (C=O) groups is 1. The molecule has 1 radical (unpaired) electrons. The van der Waals surface area contributed by atoms with Crippen LogP contribution in [0.1, 0.15) is 39.5 Å². The van der Waals surface area contributed by atoms with Gasteiger partial charge < -0.3 is 0 Å². The number of carbonyl (C=O) groups excluding carboxylic acids is 1. The molecule has 1 nitrogen and oxygen atoms in total. The highest BCUT2D eigenvalue weighted by Crippen LogP contribution is 2.29. The first-order chi connectivity index (χ1) is 4.70. The quantitative estimate of drug-likeness (QED) is 0.545. The van der Waals surface area contributed by atoms with E-state index in [4.69, 9.17) is 0 Å². The maximum absolute atomic E-state index is 10.9. The van der Waals surface area contributed by atoms with Gasteiger partial charge in [-0.15, -0.1) is 0 Å². The maximum Gasteiger partial charge on any atom is 0.136 e. The molecule has 1 heteroatoms. The van der Waals surface area contributed by atoms with Gasteiger partial charge >= 0.3 is 0 Å². The van der Waals surface area contributed by atoms with Gasteiger partial charge in [0.1, 0.15) is 5.78 Å². The summed E-state index contributed by atoms with van der Waals surface area (Å²) in [5.74, 6) is 2.31. The lowest BCUT2D eigenvalue weighted by molar-refractivity contribution is -0.116. The minimum absolute atomic E-state index is 0.312. The number of hydrogen-bond acceptors (Lipinski definition) is 1. The second-order valence-corrected chi connectivity index (χ2v) is 3.34. The molecule has 0 aliphatic heterocycles. The van der Waals surface area contributed by atoms with E-state index in [9.17, 15) is 4.79 Å². The van der Waals surface area contributed by atoms with Crippen molar-refractivity contribution >= 4 is 5.78 Å². The Kier molecular flexibility index (Phi) is 2.47. The van der Waals surface area contributed by atoms with Crippen molar-refractivity contribution < 1.29 is 4.79 Å². The maximum atomic E-state index is 10.9. The van der Waals surface area contributed by atoms with Crippen LogP contribution < -0.4 is 0 Å². The lowest BCUT2D eigenvalue weighted by Gasteiger charge is -2.23. The number of rotatable bonds is 1. The van der Waals surface area contributed by atoms with E-state index >= 15 is 0 Å². The van der Waals surface area contributed by atoms with Crippen molar-refractivity contribution in [3.05, 3.63) is 5.92 Å². The van der Waals surface area contributed by atoms with Gasteiger partial charge in [-0.2, -0.15) is 0 Å². The lowest BCUT2D eigenvalue weighted by atomic mass is 9.81. The lowest BCUT2D eigenvalue weighted by Crippen LogP contribution is -2.16. The van der Waals surface area contributed by atoms with Gasteiger partial charge in [0.15, 0.2) is 0 Å². The molecule has 1 aliphatic rings. The molecule has 0 atom stereocenters. The summed E-state index contributed by atoms with van der Waals surface area (Å²) < 4.78 is 0. The number of hydrogen-bond donors (Lipinski definition) is 0. The van der Waals surface area contributed by atoms with Crippen molar-refractivity contribution in [3.8, 4) is 0 Å². The summed E-state index contributed by atoms with van der Waals surface area (Å²) in [6, 6.07) is 0. The summed E-state index contributed by atoms with van der Waals surface area (Å²) in [5.41, 5.74) is 0. The standard InChI is InChI=1S/C9H15O/c1-7-3-5-9(6-4-7)8(2)10/h7H,3-6H2,1-2H3. The van der Waals surface area contributed by atoms with Crippen molar-refractivity contribution in [1.29, 1.82) is 0 Å². The molecule has 0 aromatic heterocycles. The number of ketones is 1. The highest BCUT2D eigenvalue weighted by Gasteiger charge is 2.21. The monoisotopic (exact) mass is 139 g/mol. The van der Waals surface area contributed by atoms with Crippen molar-refractivity contribution in [2.75, 3.05) is 0 Å². The predicted molar refractivity (Wildman–Crippen MR) is 41.6 cm³/mol. The summed E-state index contributed by atoms with van der Waals surface area (Å²) in [5, 5.41) is 0. The van der Waals surface area contributed by atoms with E-state index < -0.39 is 0 Å². The minimum Gasteiger partial charge on any atom is -0.299 e. The van der Waals surface area contributed by atoms with Crippen molar-refractivity contribution in [1.82, 2.24) is 0 Å². The Morgan fingerprint density at radius 1 is 1.40 bits per heavy atom. The van der Waals surface area contributed by atoms with Crippen LogP contribution in [-0.4, -0.2) is 5.78 Å². The summed E-state index contributed by atoms with van der Waals surface area (Å²) in [4.78, 5) is 10.9. The minimum atomic E-state index is 0.312. The zero-order valence-corrected chi connectivity index (χ0v) is 6.81. The van der Waals surface area contributed by atoms with Crippen molar-refractivity contribution in [2.45, 2.75) is 39.5 Å². The largest absolute Gasteiger partial charge is 0.299 e. The highest BCUT2D eigenvalue weighted by atomic mass is 16.1. The van der Waals surface area contributed by atoms with E-state index in [-0.39, 0.29) is 0 Å². The van der Waals surface area contributed by atoms with Crippen LogP contribution in [0.2, 0.25) is 0 Å². The molecule has 0 amide bonds. The molecular formula is C9H15O. The van der Waals surface area contributed by atoms with Gasteiger partial charge in [-0.3, -0.25) is 4.79 Å². The fourth-order valence-corrected chi connectivity index (χ4v) is 1.46. The van der Waals surface area contributed by atoms with Crippen LogP contribution in [0.25, 0.3) is 0 Å². The average molecular weight is 139 g/mol. The Balaban J connectivity index is 2.33. The summed E-state index contributed by atoms with van der Waals surface area (Å²) in [6.45, 7) is 3.95. The molecule has 0 aromatic rings. The van der Waals surface area contributed by atoms with Gasteiger partial charge in [-0.1, -0.05) is 6.92 Å². The molecule has 0 aromatic carbocycles. The molecule has 0 unspecified atom stereocenters. The second-order valence-electron chi connectivity index (χ2n) is 3.34. The van der Waals surface area contributed by atoms with Crippen LogP contribution >= 0.6 is 0 Å². The Labute approximate surface area is 62.8 Å². The van der Waals surface area contributed by atoms with Crippen LogP contribution in [0.4, 0.5) is 0 Å². The van der Waals surface area contributed by atoms with Crippen LogP contribution in [0.3, 0.4) is 0 Å². The average Bonchev–Trinajstić information content (AvgIpc) is 1.88. The first-order valence-corrected chi connectivity index (χ1v) is 4.06. The molecule has 1 saturated carbocycles. The molecule has 10 heavy (non-hydrogen) atoms. The zero-order valence-electron chi connectivity index (χ0n) is 6.81. The van der Waals surface area contributed by atoms with Crippen LogP contribution in [-0.2, 0) is 4.79 Å². The topological polar surface area (TPSA) is 17.1 Å². The summed E-state index contributed by atoms with van der Waals surface area (Å²) >= 11 is 0. The van der Waals surface area contributed by atoms with Gasteiger partial charge in [0, 0.05) is 5.92 Å². The molecule has 0 spiro atoms. The van der Waals surface area contributed by atoms with Gasteiger partial charge in [0.05, 0.1) is 0 Å². The van der Waals surface area contributed by atoms with E-state index in [2.05, 4.69) is 6.92 Å². The molecule has 1 aliphatic carbocycles. The Hall–Kier alpha value is -0.330. The van der Waals surface area contributed by atoms with Crippen LogP contribution in [0, 0.1) is 11.8 Å². The van der Waals surface area contributed by atoms with E-state index in [1.54, 1.807) is 6.92 Å². The Bertz CT molecular complexity index is 121. The van der Waals surface area contributed by atoms with Crippen molar-refractivity contribution in [3.63, 3.8) is 0 Å². The van der Waals surface area contributed by atoms with Crippen LogP contribution in [0.15, 0.2) is 0 Å². The summed E-state index contributed by atoms with van der Waals surface area (Å²) in [7, 11) is 0. The first kappa shape index (κ1) is 7.77. The van der Waals surface area contributed by atoms with E-state index in [1.807, 2.05) is 0 Å². The molecule has 1 fully saturated rings.